The Bertz CT molecular complexity index is 734. The van der Waals surface area contributed by atoms with E-state index in [2.05, 4.69) is 10.3 Å². The Labute approximate surface area is 137 Å². The Kier molecular flexibility index (Phi) is 4.41. The number of thiazole rings is 1. The van der Waals surface area contributed by atoms with Gasteiger partial charge >= 0.3 is 0 Å². The zero-order valence-corrected chi connectivity index (χ0v) is 13.7. The molecular formula is C16H17F2N3OS. The fourth-order valence-corrected chi connectivity index (χ4v) is 3.74. The van der Waals surface area contributed by atoms with Crippen molar-refractivity contribution >= 4 is 17.2 Å². The second-order valence-corrected chi connectivity index (χ2v) is 6.59. The summed E-state index contributed by atoms with van der Waals surface area (Å²) in [6.07, 6.45) is 0.754. The zero-order chi connectivity index (χ0) is 16.6. The monoisotopic (exact) mass is 337 g/mol. The lowest BCUT2D eigenvalue weighted by Gasteiger charge is -2.26. The van der Waals surface area contributed by atoms with E-state index in [0.29, 0.717) is 16.1 Å². The van der Waals surface area contributed by atoms with Crippen molar-refractivity contribution in [2.45, 2.75) is 25.4 Å². The van der Waals surface area contributed by atoms with E-state index < -0.39 is 11.6 Å². The molecule has 3 rings (SSSR count). The molecule has 2 atom stereocenters. The average Bonchev–Trinajstić information content (AvgIpc) is 3.08. The molecule has 2 heterocycles. The minimum Gasteiger partial charge on any atom is -0.347 e. The van der Waals surface area contributed by atoms with Gasteiger partial charge in [-0.25, -0.2) is 13.8 Å². The van der Waals surface area contributed by atoms with Crippen molar-refractivity contribution in [2.24, 2.45) is 0 Å². The van der Waals surface area contributed by atoms with E-state index in [4.69, 9.17) is 0 Å². The maximum Gasteiger partial charge on any atom is 0.263 e. The van der Waals surface area contributed by atoms with Gasteiger partial charge in [-0.2, -0.15) is 0 Å². The Morgan fingerprint density at radius 1 is 1.39 bits per heavy atom. The number of aromatic nitrogens is 1. The van der Waals surface area contributed by atoms with E-state index in [1.807, 2.05) is 11.9 Å². The predicted molar refractivity (Wildman–Crippen MR) is 84.5 cm³/mol. The molecule has 1 fully saturated rings. The van der Waals surface area contributed by atoms with Crippen LogP contribution >= 0.6 is 11.3 Å². The van der Waals surface area contributed by atoms with Crippen LogP contribution in [0.15, 0.2) is 23.7 Å². The molecule has 1 amide bonds. The van der Waals surface area contributed by atoms with Gasteiger partial charge in [0.15, 0.2) is 11.6 Å². The molecule has 0 saturated carbocycles. The molecule has 2 aromatic rings. The zero-order valence-electron chi connectivity index (χ0n) is 12.8. The summed E-state index contributed by atoms with van der Waals surface area (Å²) in [5.41, 5.74) is 3.00. The number of nitrogens with zero attached hydrogens (tertiary/aromatic N) is 2. The standard InChI is InChI=1S/C16H17F2N3OS/c1-9-15(23-8-19-9)16(22)20-13-5-6-21(2)14(13)10-3-4-11(17)12(18)7-10/h3-4,7-8,13-14H,5-6H2,1-2H3,(H,20,22)/t13-,14-/m1/s1. The summed E-state index contributed by atoms with van der Waals surface area (Å²) in [5, 5.41) is 3.01. The molecule has 1 aliphatic heterocycles. The van der Waals surface area contributed by atoms with Crippen molar-refractivity contribution in [3.63, 3.8) is 0 Å². The van der Waals surface area contributed by atoms with E-state index >= 15 is 0 Å². The molecule has 0 spiro atoms. The number of hydrogen-bond donors (Lipinski definition) is 1. The highest BCUT2D eigenvalue weighted by molar-refractivity contribution is 7.11. The number of likely N-dealkylation sites (tertiary alicyclic amines) is 1. The maximum absolute atomic E-state index is 13.5. The van der Waals surface area contributed by atoms with E-state index in [-0.39, 0.29) is 18.0 Å². The van der Waals surface area contributed by atoms with Gasteiger partial charge in [0.05, 0.1) is 23.3 Å². The van der Waals surface area contributed by atoms with Gasteiger partial charge < -0.3 is 5.32 Å². The fourth-order valence-electron chi connectivity index (χ4n) is 3.03. The van der Waals surface area contributed by atoms with Gasteiger partial charge in [-0.3, -0.25) is 9.69 Å². The number of likely N-dealkylation sites (N-methyl/N-ethyl adjacent to an activating group) is 1. The summed E-state index contributed by atoms with van der Waals surface area (Å²) in [7, 11) is 1.91. The number of benzene rings is 1. The van der Waals surface area contributed by atoms with Crippen molar-refractivity contribution in [2.75, 3.05) is 13.6 Å². The summed E-state index contributed by atoms with van der Waals surface area (Å²) in [6.45, 7) is 2.56. The Morgan fingerprint density at radius 2 is 2.17 bits per heavy atom. The highest BCUT2D eigenvalue weighted by Gasteiger charge is 2.35. The first-order valence-electron chi connectivity index (χ1n) is 7.33. The molecule has 1 aromatic heterocycles. The van der Waals surface area contributed by atoms with Gasteiger partial charge in [0.2, 0.25) is 0 Å². The third-order valence-electron chi connectivity index (χ3n) is 4.20. The topological polar surface area (TPSA) is 45.2 Å². The SMILES string of the molecule is Cc1ncsc1C(=O)N[C@@H]1CCN(C)[C@@H]1c1ccc(F)c(F)c1. The van der Waals surface area contributed by atoms with E-state index in [9.17, 15) is 13.6 Å². The molecule has 122 valence electrons. The summed E-state index contributed by atoms with van der Waals surface area (Å²) in [6, 6.07) is 3.57. The summed E-state index contributed by atoms with van der Waals surface area (Å²) >= 11 is 1.30. The maximum atomic E-state index is 13.5. The molecule has 1 aromatic carbocycles. The van der Waals surface area contributed by atoms with Crippen LogP contribution in [0, 0.1) is 18.6 Å². The Balaban J connectivity index is 1.82. The second kappa shape index (κ2) is 6.33. The van der Waals surface area contributed by atoms with Gasteiger partial charge in [-0.1, -0.05) is 6.07 Å². The fraction of sp³-hybridized carbons (Fsp3) is 0.375. The Hall–Kier alpha value is -1.86. The molecule has 1 aliphatic rings. The third kappa shape index (κ3) is 3.11. The predicted octanol–water partition coefficient (Wildman–Crippen LogP) is 2.90. The van der Waals surface area contributed by atoms with Crippen LogP contribution < -0.4 is 5.32 Å². The van der Waals surface area contributed by atoms with Crippen LogP contribution in [0.25, 0.3) is 0 Å². The summed E-state index contributed by atoms with van der Waals surface area (Å²) < 4.78 is 26.7. The van der Waals surface area contributed by atoms with Crippen LogP contribution in [0.1, 0.15) is 33.4 Å². The average molecular weight is 337 g/mol. The molecule has 4 nitrogen and oxygen atoms in total. The van der Waals surface area contributed by atoms with Crippen molar-refractivity contribution in [1.29, 1.82) is 0 Å². The lowest BCUT2D eigenvalue weighted by Crippen LogP contribution is -2.39. The van der Waals surface area contributed by atoms with E-state index in [1.165, 1.54) is 17.4 Å². The van der Waals surface area contributed by atoms with Gasteiger partial charge in [0, 0.05) is 6.54 Å². The molecule has 0 radical (unpaired) electrons. The summed E-state index contributed by atoms with van der Waals surface area (Å²) in [5.74, 6) is -1.90. The number of halogens is 2. The minimum absolute atomic E-state index is 0.154. The first kappa shape index (κ1) is 16.0. The van der Waals surface area contributed by atoms with Gasteiger partial charge in [0.1, 0.15) is 4.88 Å². The van der Waals surface area contributed by atoms with Crippen LogP contribution in [0.3, 0.4) is 0 Å². The number of amides is 1. The third-order valence-corrected chi connectivity index (χ3v) is 5.13. The van der Waals surface area contributed by atoms with Crippen LogP contribution in [0.4, 0.5) is 8.78 Å². The molecule has 0 aliphatic carbocycles. The van der Waals surface area contributed by atoms with Crippen molar-refractivity contribution in [3.8, 4) is 0 Å². The number of aryl methyl sites for hydroxylation is 1. The molecule has 0 unspecified atom stereocenters. The van der Waals surface area contributed by atoms with Crippen molar-refractivity contribution in [3.05, 3.63) is 51.5 Å². The lowest BCUT2D eigenvalue weighted by molar-refractivity contribution is 0.0931. The Morgan fingerprint density at radius 3 is 2.83 bits per heavy atom. The lowest BCUT2D eigenvalue weighted by atomic mass is 10.00. The summed E-state index contributed by atoms with van der Waals surface area (Å²) in [4.78, 5) is 19.1. The molecule has 1 N–H and O–H groups in total. The number of nitrogens with one attached hydrogen (secondary N) is 1. The highest BCUT2D eigenvalue weighted by atomic mass is 32.1. The van der Waals surface area contributed by atoms with Crippen molar-refractivity contribution in [1.82, 2.24) is 15.2 Å². The second-order valence-electron chi connectivity index (χ2n) is 5.73. The number of hydrogen-bond acceptors (Lipinski definition) is 4. The van der Waals surface area contributed by atoms with E-state index in [1.54, 1.807) is 18.5 Å². The quantitative estimate of drug-likeness (QED) is 0.937. The smallest absolute Gasteiger partial charge is 0.263 e. The normalized spacial score (nSPS) is 21.6. The van der Waals surface area contributed by atoms with E-state index in [0.717, 1.165) is 19.0 Å². The minimum atomic E-state index is -0.869. The highest BCUT2D eigenvalue weighted by Crippen LogP contribution is 2.32. The van der Waals surface area contributed by atoms with Crippen LogP contribution in [-0.4, -0.2) is 35.4 Å². The molecule has 23 heavy (non-hydrogen) atoms. The van der Waals surface area contributed by atoms with Crippen LogP contribution in [0.5, 0.6) is 0 Å². The molecule has 1 saturated heterocycles. The van der Waals surface area contributed by atoms with Gasteiger partial charge in [-0.15, -0.1) is 11.3 Å². The van der Waals surface area contributed by atoms with Crippen LogP contribution in [0.2, 0.25) is 0 Å². The van der Waals surface area contributed by atoms with Crippen LogP contribution in [-0.2, 0) is 0 Å². The van der Waals surface area contributed by atoms with Gasteiger partial charge in [-0.05, 0) is 38.1 Å². The molecule has 0 bridgehead atoms. The first-order chi connectivity index (χ1) is 11.0. The number of rotatable bonds is 3. The number of carbonyl (C=O) groups excluding carboxylic acids is 1. The number of carbonyl (C=O) groups is 1. The first-order valence-corrected chi connectivity index (χ1v) is 8.21. The molecular weight excluding hydrogens is 320 g/mol. The van der Waals surface area contributed by atoms with Crippen molar-refractivity contribution < 1.29 is 13.6 Å². The molecule has 7 heteroatoms. The largest absolute Gasteiger partial charge is 0.347 e. The van der Waals surface area contributed by atoms with Gasteiger partial charge in [0.25, 0.3) is 5.91 Å².